The Morgan fingerprint density at radius 3 is 1.43 bits per heavy atom. The first-order chi connectivity index (χ1) is 18.1. The van der Waals surface area contributed by atoms with Crippen molar-refractivity contribution < 1.29 is 14.2 Å². The van der Waals surface area contributed by atoms with Crippen molar-refractivity contribution in [1.29, 1.82) is 0 Å². The van der Waals surface area contributed by atoms with E-state index in [-0.39, 0.29) is 0 Å². The highest BCUT2D eigenvalue weighted by Gasteiger charge is 2.15. The number of aromatic nitrogens is 4. The van der Waals surface area contributed by atoms with Gasteiger partial charge in [-0.15, -0.1) is 0 Å². The molecule has 0 unspecified atom stereocenters. The molecule has 0 aliphatic heterocycles. The van der Waals surface area contributed by atoms with Crippen LogP contribution in [0, 0.1) is 0 Å². The minimum absolute atomic E-state index is 0.376. The molecule has 186 valence electrons. The van der Waals surface area contributed by atoms with Crippen molar-refractivity contribution in [3.8, 4) is 17.2 Å². The number of ether oxygens (including phenoxy) is 3. The summed E-state index contributed by atoms with van der Waals surface area (Å²) in [6, 6.07) is 22.6. The molecule has 37 heavy (non-hydrogen) atoms. The van der Waals surface area contributed by atoms with Crippen molar-refractivity contribution in [2.75, 3.05) is 37.3 Å². The standard InChI is InChI=1S/C27H25N7O3/c1-35-20-10-4-17(5-11-20)30-25-24-23(28-16-29-25)26(31-18-6-12-21(36-2)13-7-18)34-27(33-24)32-19-8-14-22(37-3)15-9-19/h4-16H,1-3H3,(H,28,29,30)(H2,31,32,33,34). The number of methoxy groups -OCH3 is 3. The van der Waals surface area contributed by atoms with Gasteiger partial charge in [0.2, 0.25) is 5.95 Å². The van der Waals surface area contributed by atoms with E-state index in [0.29, 0.717) is 28.6 Å². The summed E-state index contributed by atoms with van der Waals surface area (Å²) in [6.45, 7) is 0. The van der Waals surface area contributed by atoms with E-state index < -0.39 is 0 Å². The average molecular weight is 496 g/mol. The van der Waals surface area contributed by atoms with Gasteiger partial charge in [-0.3, -0.25) is 0 Å². The lowest BCUT2D eigenvalue weighted by atomic mass is 10.2. The van der Waals surface area contributed by atoms with E-state index in [9.17, 15) is 0 Å². The third-order valence-corrected chi connectivity index (χ3v) is 5.53. The second kappa shape index (κ2) is 10.6. The first-order valence-electron chi connectivity index (χ1n) is 11.4. The molecule has 3 N–H and O–H groups in total. The van der Waals surface area contributed by atoms with E-state index in [0.717, 1.165) is 34.3 Å². The van der Waals surface area contributed by atoms with Crippen LogP contribution in [0.25, 0.3) is 11.0 Å². The molecule has 0 aliphatic carbocycles. The maximum atomic E-state index is 5.27. The van der Waals surface area contributed by atoms with Crippen LogP contribution in [0.5, 0.6) is 17.2 Å². The molecule has 3 aromatic carbocycles. The molecule has 0 spiro atoms. The largest absolute Gasteiger partial charge is 0.497 e. The number of hydrogen-bond donors (Lipinski definition) is 3. The predicted octanol–water partition coefficient (Wildman–Crippen LogP) is 5.68. The smallest absolute Gasteiger partial charge is 0.230 e. The monoisotopic (exact) mass is 495 g/mol. The lowest BCUT2D eigenvalue weighted by molar-refractivity contribution is 0.415. The predicted molar refractivity (Wildman–Crippen MR) is 144 cm³/mol. The summed E-state index contributed by atoms with van der Waals surface area (Å²) >= 11 is 0. The van der Waals surface area contributed by atoms with Crippen LogP contribution in [0.4, 0.5) is 34.6 Å². The van der Waals surface area contributed by atoms with Gasteiger partial charge in [0.1, 0.15) is 34.6 Å². The summed E-state index contributed by atoms with van der Waals surface area (Å²) in [6.07, 6.45) is 1.48. The van der Waals surface area contributed by atoms with E-state index in [2.05, 4.69) is 25.9 Å². The van der Waals surface area contributed by atoms with Crippen LogP contribution in [0.3, 0.4) is 0 Å². The van der Waals surface area contributed by atoms with Crippen LogP contribution in [0.15, 0.2) is 79.1 Å². The Labute approximate surface area is 213 Å². The van der Waals surface area contributed by atoms with Gasteiger partial charge in [0.05, 0.1) is 21.3 Å². The van der Waals surface area contributed by atoms with Crippen LogP contribution in [-0.4, -0.2) is 41.3 Å². The number of nitrogens with zero attached hydrogens (tertiary/aromatic N) is 4. The van der Waals surface area contributed by atoms with E-state index in [1.165, 1.54) is 6.33 Å². The molecular weight excluding hydrogens is 470 g/mol. The third-order valence-electron chi connectivity index (χ3n) is 5.53. The van der Waals surface area contributed by atoms with Crippen LogP contribution in [0.1, 0.15) is 0 Å². The Hall–Kier alpha value is -5.12. The lowest BCUT2D eigenvalue weighted by Crippen LogP contribution is -2.06. The summed E-state index contributed by atoms with van der Waals surface area (Å²) in [5, 5.41) is 9.93. The minimum Gasteiger partial charge on any atom is -0.497 e. The maximum absolute atomic E-state index is 5.27. The van der Waals surface area contributed by atoms with Gasteiger partial charge < -0.3 is 30.2 Å². The summed E-state index contributed by atoms with van der Waals surface area (Å²) in [5.41, 5.74) is 3.55. The highest BCUT2D eigenvalue weighted by Crippen LogP contribution is 2.30. The zero-order chi connectivity index (χ0) is 25.6. The highest BCUT2D eigenvalue weighted by molar-refractivity contribution is 5.95. The molecule has 0 aliphatic rings. The number of rotatable bonds is 9. The van der Waals surface area contributed by atoms with Crippen molar-refractivity contribution in [2.45, 2.75) is 0 Å². The first kappa shape index (κ1) is 23.6. The number of nitrogens with one attached hydrogen (secondary N) is 3. The molecule has 0 atom stereocenters. The Bertz CT molecular complexity index is 1490. The quantitative estimate of drug-likeness (QED) is 0.236. The fourth-order valence-corrected chi connectivity index (χ4v) is 3.61. The fraction of sp³-hybridized carbons (Fsp3) is 0.111. The molecule has 2 aromatic heterocycles. The van der Waals surface area contributed by atoms with E-state index in [1.807, 2.05) is 72.8 Å². The molecule has 0 amide bonds. The SMILES string of the molecule is COc1ccc(Nc2nc(Nc3ccc(OC)cc3)c3ncnc(Nc4ccc(OC)cc4)c3n2)cc1. The molecular formula is C27H25N7O3. The van der Waals surface area contributed by atoms with Gasteiger partial charge >= 0.3 is 0 Å². The van der Waals surface area contributed by atoms with Gasteiger partial charge in [-0.2, -0.15) is 4.98 Å². The summed E-state index contributed by atoms with van der Waals surface area (Å²) in [7, 11) is 4.89. The molecule has 0 fully saturated rings. The summed E-state index contributed by atoms with van der Waals surface area (Å²) in [5.74, 6) is 3.71. The first-order valence-corrected chi connectivity index (χ1v) is 11.4. The molecule has 0 saturated heterocycles. The molecule has 0 radical (unpaired) electrons. The minimum atomic E-state index is 0.376. The van der Waals surface area contributed by atoms with Gasteiger partial charge in [0.15, 0.2) is 11.6 Å². The van der Waals surface area contributed by atoms with Gasteiger partial charge in [0, 0.05) is 17.1 Å². The molecule has 5 aromatic rings. The molecule has 10 heteroatoms. The van der Waals surface area contributed by atoms with Gasteiger partial charge in [-0.1, -0.05) is 0 Å². The maximum Gasteiger partial charge on any atom is 0.230 e. The zero-order valence-corrected chi connectivity index (χ0v) is 20.5. The number of anilines is 6. The molecule has 5 rings (SSSR count). The highest BCUT2D eigenvalue weighted by atomic mass is 16.5. The van der Waals surface area contributed by atoms with Crippen LogP contribution < -0.4 is 30.2 Å². The van der Waals surface area contributed by atoms with Crippen LogP contribution >= 0.6 is 0 Å². The second-order valence-electron chi connectivity index (χ2n) is 7.88. The Kier molecular flexibility index (Phi) is 6.80. The second-order valence-corrected chi connectivity index (χ2v) is 7.88. The van der Waals surface area contributed by atoms with Gasteiger partial charge in [-0.25, -0.2) is 15.0 Å². The molecule has 10 nitrogen and oxygen atoms in total. The van der Waals surface area contributed by atoms with Gasteiger partial charge in [0.25, 0.3) is 0 Å². The van der Waals surface area contributed by atoms with Crippen LogP contribution in [0.2, 0.25) is 0 Å². The summed E-state index contributed by atoms with van der Waals surface area (Å²) in [4.78, 5) is 18.4. The van der Waals surface area contributed by atoms with Gasteiger partial charge in [-0.05, 0) is 72.8 Å². The van der Waals surface area contributed by atoms with Crippen molar-refractivity contribution in [3.05, 3.63) is 79.1 Å². The van der Waals surface area contributed by atoms with Crippen molar-refractivity contribution in [2.24, 2.45) is 0 Å². The number of fused-ring (bicyclic) bond motifs is 1. The molecule has 0 saturated carbocycles. The topological polar surface area (TPSA) is 115 Å². The Morgan fingerprint density at radius 1 is 0.486 bits per heavy atom. The number of hydrogen-bond acceptors (Lipinski definition) is 10. The Balaban J connectivity index is 1.55. The normalized spacial score (nSPS) is 10.6. The van der Waals surface area contributed by atoms with E-state index >= 15 is 0 Å². The number of benzene rings is 3. The molecule has 2 heterocycles. The zero-order valence-electron chi connectivity index (χ0n) is 20.5. The van der Waals surface area contributed by atoms with Crippen molar-refractivity contribution >= 4 is 45.7 Å². The van der Waals surface area contributed by atoms with Crippen LogP contribution in [-0.2, 0) is 0 Å². The van der Waals surface area contributed by atoms with Crippen molar-refractivity contribution in [3.63, 3.8) is 0 Å². The average Bonchev–Trinajstić information content (AvgIpc) is 2.95. The third kappa shape index (κ3) is 5.43. The Morgan fingerprint density at radius 2 is 0.946 bits per heavy atom. The summed E-state index contributed by atoms with van der Waals surface area (Å²) < 4.78 is 15.8. The fourth-order valence-electron chi connectivity index (χ4n) is 3.61. The van der Waals surface area contributed by atoms with Crippen molar-refractivity contribution in [1.82, 2.24) is 19.9 Å². The lowest BCUT2D eigenvalue weighted by Gasteiger charge is -2.14. The van der Waals surface area contributed by atoms with E-state index in [4.69, 9.17) is 24.2 Å². The van der Waals surface area contributed by atoms with E-state index in [1.54, 1.807) is 21.3 Å². The molecule has 0 bridgehead atoms.